The van der Waals surface area contributed by atoms with Crippen molar-refractivity contribution in [3.63, 3.8) is 0 Å². The minimum Gasteiger partial charge on any atom is -0.297 e. The van der Waals surface area contributed by atoms with Crippen LogP contribution >= 0.6 is 0 Å². The van der Waals surface area contributed by atoms with Crippen molar-refractivity contribution in [3.05, 3.63) is 81.9 Å². The van der Waals surface area contributed by atoms with E-state index >= 15 is 0 Å². The highest BCUT2D eigenvalue weighted by atomic mass is 17.0. The van der Waals surface area contributed by atoms with Crippen molar-refractivity contribution in [1.29, 1.82) is 0 Å². The second-order valence-corrected chi connectivity index (χ2v) is 6.73. The summed E-state index contributed by atoms with van der Waals surface area (Å²) in [5, 5.41) is 9.52. The molecule has 8 heteroatoms. The minimum atomic E-state index is -1.05. The van der Waals surface area contributed by atoms with Gasteiger partial charge in [0.05, 0.1) is 12.6 Å². The Kier molecular flexibility index (Phi) is 7.07. The summed E-state index contributed by atoms with van der Waals surface area (Å²) in [6.45, 7) is 1.44. The number of hydrogen-bond acceptors (Lipinski definition) is 7. The van der Waals surface area contributed by atoms with Crippen LogP contribution in [0.3, 0.4) is 0 Å². The van der Waals surface area contributed by atoms with Crippen LogP contribution in [0, 0.1) is 10.1 Å². The van der Waals surface area contributed by atoms with Crippen molar-refractivity contribution in [3.8, 4) is 0 Å². The quantitative estimate of drug-likeness (QED) is 0.551. The molecule has 1 fully saturated rings. The summed E-state index contributed by atoms with van der Waals surface area (Å²) in [6, 6.07) is 18.8. The molecule has 0 aromatic heterocycles. The van der Waals surface area contributed by atoms with Gasteiger partial charge in [0.1, 0.15) is 0 Å². The van der Waals surface area contributed by atoms with E-state index in [1.54, 1.807) is 0 Å². The first-order valence-electron chi connectivity index (χ1n) is 9.17. The Morgan fingerprint density at radius 1 is 1.07 bits per heavy atom. The zero-order valence-corrected chi connectivity index (χ0v) is 15.4. The van der Waals surface area contributed by atoms with Gasteiger partial charge in [-0.2, -0.15) is 5.48 Å². The van der Waals surface area contributed by atoms with Crippen LogP contribution in [0.5, 0.6) is 0 Å². The molecule has 2 aromatic rings. The Balaban J connectivity index is 1.60. The van der Waals surface area contributed by atoms with E-state index in [0.29, 0.717) is 32.5 Å². The number of nitrogens with one attached hydrogen (secondary N) is 1. The van der Waals surface area contributed by atoms with Gasteiger partial charge in [-0.25, -0.2) is 4.84 Å². The van der Waals surface area contributed by atoms with Crippen LogP contribution in [0.2, 0.25) is 0 Å². The van der Waals surface area contributed by atoms with E-state index in [0.717, 1.165) is 11.1 Å². The first-order chi connectivity index (χ1) is 13.6. The lowest BCUT2D eigenvalue weighted by atomic mass is 9.98. The van der Waals surface area contributed by atoms with Crippen LogP contribution in [-0.4, -0.2) is 34.6 Å². The van der Waals surface area contributed by atoms with Crippen LogP contribution in [0.25, 0.3) is 0 Å². The molecule has 0 unspecified atom stereocenters. The number of likely N-dealkylation sites (tertiary alicyclic amines) is 1. The number of benzene rings is 2. The average Bonchev–Trinajstić information content (AvgIpc) is 2.69. The summed E-state index contributed by atoms with van der Waals surface area (Å²) in [5.74, 6) is -0.829. The third-order valence-corrected chi connectivity index (χ3v) is 4.68. The molecule has 0 amide bonds. The maximum atomic E-state index is 12.2. The molecule has 0 aliphatic carbocycles. The fourth-order valence-corrected chi connectivity index (χ4v) is 3.35. The van der Waals surface area contributed by atoms with Gasteiger partial charge < -0.3 is 0 Å². The number of piperidine rings is 1. The number of hydrogen-bond donors (Lipinski definition) is 1. The molecule has 28 heavy (non-hydrogen) atoms. The molecule has 2 atom stereocenters. The maximum absolute atomic E-state index is 12.2. The Hall–Kier alpha value is -2.81. The second-order valence-electron chi connectivity index (χ2n) is 6.73. The predicted octanol–water partition coefficient (Wildman–Crippen LogP) is 2.48. The van der Waals surface area contributed by atoms with Crippen LogP contribution in [0.1, 0.15) is 24.0 Å². The lowest BCUT2D eigenvalue weighted by Crippen LogP contribution is -2.53. The topological polar surface area (TPSA) is 93.9 Å². The van der Waals surface area contributed by atoms with Gasteiger partial charge in [0, 0.05) is 19.1 Å². The predicted molar refractivity (Wildman–Crippen MR) is 101 cm³/mol. The highest BCUT2D eigenvalue weighted by Crippen LogP contribution is 2.21. The van der Waals surface area contributed by atoms with Crippen molar-refractivity contribution < 1.29 is 19.6 Å². The normalized spacial score (nSPS) is 19.9. The molecule has 1 heterocycles. The van der Waals surface area contributed by atoms with E-state index in [2.05, 4.69) is 10.3 Å². The molecule has 0 radical (unpaired) electrons. The molecule has 148 valence electrons. The minimum absolute atomic E-state index is 0.00656. The van der Waals surface area contributed by atoms with E-state index in [1.165, 1.54) is 0 Å². The zero-order chi connectivity index (χ0) is 19.8. The summed E-state index contributed by atoms with van der Waals surface area (Å²) in [5.41, 5.74) is 5.13. The molecule has 1 aliphatic rings. The molecule has 2 aromatic carbocycles. The van der Waals surface area contributed by atoms with Crippen LogP contribution in [-0.2, 0) is 27.6 Å². The second kappa shape index (κ2) is 9.93. The van der Waals surface area contributed by atoms with E-state index in [-0.39, 0.29) is 6.04 Å². The number of hydroxylamine groups is 1. The molecule has 1 saturated heterocycles. The van der Waals surface area contributed by atoms with Crippen molar-refractivity contribution in [1.82, 2.24) is 10.4 Å². The van der Waals surface area contributed by atoms with Gasteiger partial charge in [0.2, 0.25) is 0 Å². The average molecular weight is 385 g/mol. The van der Waals surface area contributed by atoms with Gasteiger partial charge >= 0.3 is 11.1 Å². The largest absolute Gasteiger partial charge is 0.320 e. The third kappa shape index (κ3) is 5.85. The SMILES string of the molecule is O=C(O[N+](=O)[O-])[C@@H]1CC[C@H](NOCc2ccccc2)CN1Cc1ccccc1. The van der Waals surface area contributed by atoms with Crippen molar-refractivity contribution in [2.45, 2.75) is 38.1 Å². The molecule has 0 saturated carbocycles. The molecule has 0 bridgehead atoms. The number of carbonyl (C=O) groups is 1. The summed E-state index contributed by atoms with van der Waals surface area (Å²) >= 11 is 0. The maximum Gasteiger partial charge on any atom is 0.320 e. The van der Waals surface area contributed by atoms with Gasteiger partial charge in [-0.05, 0) is 24.0 Å². The van der Waals surface area contributed by atoms with Crippen LogP contribution < -0.4 is 5.48 Å². The molecule has 8 nitrogen and oxygen atoms in total. The van der Waals surface area contributed by atoms with E-state index < -0.39 is 17.1 Å². The molecular formula is C20H23N3O5. The standard InChI is InChI=1S/C20H23N3O5/c24-20(28-23(25)26)19-12-11-18(21-27-15-17-9-5-2-6-10-17)14-22(19)13-16-7-3-1-4-8-16/h1-10,18-19,21H,11-15H2/t18-,19-/m0/s1. The first-order valence-corrected chi connectivity index (χ1v) is 9.17. The summed E-state index contributed by atoms with van der Waals surface area (Å²) in [7, 11) is 0. The van der Waals surface area contributed by atoms with Gasteiger partial charge in [-0.1, -0.05) is 60.7 Å². The van der Waals surface area contributed by atoms with Crippen molar-refractivity contribution in [2.75, 3.05) is 6.54 Å². The van der Waals surface area contributed by atoms with Gasteiger partial charge in [-0.3, -0.25) is 14.5 Å². The van der Waals surface area contributed by atoms with Crippen molar-refractivity contribution in [2.24, 2.45) is 0 Å². The van der Waals surface area contributed by atoms with Gasteiger partial charge in [0.15, 0.2) is 0 Å². The number of nitrogens with zero attached hydrogens (tertiary/aromatic N) is 2. The highest BCUT2D eigenvalue weighted by molar-refractivity contribution is 5.75. The molecule has 0 spiro atoms. The van der Waals surface area contributed by atoms with E-state index in [4.69, 9.17) is 4.84 Å². The zero-order valence-electron chi connectivity index (χ0n) is 15.4. The van der Waals surface area contributed by atoms with Crippen molar-refractivity contribution >= 4 is 5.97 Å². The summed E-state index contributed by atoms with van der Waals surface area (Å²) in [4.78, 5) is 34.5. The van der Waals surface area contributed by atoms with Gasteiger partial charge in [0.25, 0.3) is 0 Å². The van der Waals surface area contributed by atoms with E-state index in [9.17, 15) is 14.9 Å². The Labute approximate surface area is 163 Å². The Morgan fingerprint density at radius 2 is 1.71 bits per heavy atom. The molecule has 1 N–H and O–H groups in total. The monoisotopic (exact) mass is 385 g/mol. The van der Waals surface area contributed by atoms with Crippen LogP contribution in [0.4, 0.5) is 0 Å². The number of rotatable bonds is 8. The smallest absolute Gasteiger partial charge is 0.297 e. The van der Waals surface area contributed by atoms with E-state index in [1.807, 2.05) is 65.6 Å². The van der Waals surface area contributed by atoms with Gasteiger partial charge in [-0.15, -0.1) is 10.1 Å². The first kappa shape index (κ1) is 19.9. The highest BCUT2D eigenvalue weighted by Gasteiger charge is 2.34. The Morgan fingerprint density at radius 3 is 2.36 bits per heavy atom. The molecule has 3 rings (SSSR count). The molecule has 1 aliphatic heterocycles. The third-order valence-electron chi connectivity index (χ3n) is 4.68. The number of carbonyl (C=O) groups excluding carboxylic acids is 1. The lowest BCUT2D eigenvalue weighted by Gasteiger charge is -2.38. The summed E-state index contributed by atoms with van der Waals surface area (Å²) < 4.78 is 0. The lowest BCUT2D eigenvalue weighted by molar-refractivity contribution is -0.730. The Bertz CT molecular complexity index is 772. The fourth-order valence-electron chi connectivity index (χ4n) is 3.35. The van der Waals surface area contributed by atoms with Crippen LogP contribution in [0.15, 0.2) is 60.7 Å². The fraction of sp³-hybridized carbons (Fsp3) is 0.350. The summed E-state index contributed by atoms with van der Waals surface area (Å²) in [6.07, 6.45) is 1.10. The molecular weight excluding hydrogens is 362 g/mol.